The lowest BCUT2D eigenvalue weighted by Gasteiger charge is -2.17. The summed E-state index contributed by atoms with van der Waals surface area (Å²) >= 11 is 0. The molecule has 0 aliphatic carbocycles. The Kier molecular flexibility index (Phi) is 5.44. The second-order valence-electron chi connectivity index (χ2n) is 5.10. The van der Waals surface area contributed by atoms with Crippen LogP contribution in [-0.2, 0) is 25.6 Å². The summed E-state index contributed by atoms with van der Waals surface area (Å²) < 4.78 is 36.5. The number of carbonyl (C=O) groups is 2. The van der Waals surface area contributed by atoms with Crippen molar-refractivity contribution in [2.75, 3.05) is 13.2 Å². The summed E-state index contributed by atoms with van der Waals surface area (Å²) in [5.41, 5.74) is 1.71. The van der Waals surface area contributed by atoms with Crippen molar-refractivity contribution in [3.8, 4) is 0 Å². The highest BCUT2D eigenvalue weighted by Crippen LogP contribution is 2.19. The first kappa shape index (κ1) is 17.1. The summed E-state index contributed by atoms with van der Waals surface area (Å²) in [6.45, 7) is 2.99. The van der Waals surface area contributed by atoms with Gasteiger partial charge in [-0.15, -0.1) is 0 Å². The maximum Gasteiger partial charge on any atom is 0.379 e. The molecule has 0 spiro atoms. The Morgan fingerprint density at radius 3 is 2.70 bits per heavy atom. The first-order valence-corrected chi connectivity index (χ1v) is 7.10. The van der Waals surface area contributed by atoms with Gasteiger partial charge in [0.25, 0.3) is 0 Å². The summed E-state index contributed by atoms with van der Waals surface area (Å²) in [6, 6.07) is 7.16. The van der Waals surface area contributed by atoms with Gasteiger partial charge in [0.05, 0.1) is 13.2 Å². The predicted molar refractivity (Wildman–Crippen MR) is 78.6 cm³/mol. The fourth-order valence-electron chi connectivity index (χ4n) is 2.01. The molecule has 1 fully saturated rings. The Balaban J connectivity index is 1.81. The molecule has 0 aromatic heterocycles. The van der Waals surface area contributed by atoms with Crippen molar-refractivity contribution in [2.45, 2.75) is 25.0 Å². The molecule has 1 atom stereocenters. The van der Waals surface area contributed by atoms with Crippen LogP contribution in [0.5, 0.6) is 0 Å². The molecular formula is C16H17F2NO4. The van der Waals surface area contributed by atoms with E-state index in [2.05, 4.69) is 21.4 Å². The van der Waals surface area contributed by atoms with Gasteiger partial charge in [-0.25, -0.2) is 9.59 Å². The van der Waals surface area contributed by atoms with Gasteiger partial charge in [-0.2, -0.15) is 8.78 Å². The van der Waals surface area contributed by atoms with E-state index in [9.17, 15) is 18.4 Å². The molecule has 1 unspecified atom stereocenters. The van der Waals surface area contributed by atoms with Crippen molar-refractivity contribution in [3.63, 3.8) is 0 Å². The second kappa shape index (κ2) is 7.32. The molecule has 124 valence electrons. The zero-order valence-corrected chi connectivity index (χ0v) is 12.4. The zero-order valence-electron chi connectivity index (χ0n) is 12.4. The molecule has 2 rings (SSSR count). The van der Waals surface area contributed by atoms with Crippen molar-refractivity contribution in [3.05, 3.63) is 42.0 Å². The number of carbonyl (C=O) groups excluding carboxylic acids is 2. The molecule has 1 heterocycles. The second-order valence-corrected chi connectivity index (χ2v) is 5.10. The lowest BCUT2D eigenvalue weighted by molar-refractivity contribution is -0.180. The number of esters is 2. The number of benzene rings is 1. The van der Waals surface area contributed by atoms with Crippen LogP contribution in [0.4, 0.5) is 8.78 Å². The third-order valence-electron chi connectivity index (χ3n) is 3.33. The van der Waals surface area contributed by atoms with E-state index in [0.29, 0.717) is 0 Å². The normalized spacial score (nSPS) is 17.7. The summed E-state index contributed by atoms with van der Waals surface area (Å²) in [4.78, 5) is 22.6. The average molecular weight is 325 g/mol. The molecule has 1 saturated heterocycles. The predicted octanol–water partition coefficient (Wildman–Crippen LogP) is 1.91. The number of cyclic esters (lactones) is 1. The number of ether oxygens (including phenoxy) is 2. The first-order valence-electron chi connectivity index (χ1n) is 7.10. The number of hydrogen-bond acceptors (Lipinski definition) is 5. The summed E-state index contributed by atoms with van der Waals surface area (Å²) in [6.07, 6.45) is 0.541. The van der Waals surface area contributed by atoms with Crippen LogP contribution in [0.15, 0.2) is 30.8 Å². The number of nitrogens with one attached hydrogen (secondary N) is 1. The van der Waals surface area contributed by atoms with Gasteiger partial charge in [-0.3, -0.25) is 0 Å². The molecule has 1 N–H and O–H groups in total. The van der Waals surface area contributed by atoms with Gasteiger partial charge in [0.1, 0.15) is 0 Å². The Labute approximate surface area is 132 Å². The van der Waals surface area contributed by atoms with E-state index in [1.807, 2.05) is 12.1 Å². The molecule has 7 heteroatoms. The van der Waals surface area contributed by atoms with Crippen molar-refractivity contribution in [1.29, 1.82) is 0 Å². The number of rotatable bonds is 7. The minimum absolute atomic E-state index is 0.0707. The fourth-order valence-corrected chi connectivity index (χ4v) is 2.01. The van der Waals surface area contributed by atoms with Crippen LogP contribution in [-0.4, -0.2) is 37.1 Å². The quantitative estimate of drug-likeness (QED) is 0.776. The number of hydrogen-bond donors (Lipinski definition) is 1. The highest BCUT2D eigenvalue weighted by molar-refractivity contribution is 5.83. The third kappa shape index (κ3) is 4.59. The van der Waals surface area contributed by atoms with E-state index in [1.165, 1.54) is 0 Å². The maximum absolute atomic E-state index is 13.7. The van der Waals surface area contributed by atoms with E-state index in [-0.39, 0.29) is 19.6 Å². The van der Waals surface area contributed by atoms with E-state index in [1.54, 1.807) is 18.2 Å². The van der Waals surface area contributed by atoms with Crippen molar-refractivity contribution in [2.24, 2.45) is 0 Å². The Morgan fingerprint density at radius 2 is 2.13 bits per heavy atom. The SMILES string of the molecule is C=Cc1ccc(CNCC(F)(F)C(=O)OC2CCOC2=O)cc1. The summed E-state index contributed by atoms with van der Waals surface area (Å²) in [5.74, 6) is -6.23. The molecule has 0 radical (unpaired) electrons. The topological polar surface area (TPSA) is 64.6 Å². The summed E-state index contributed by atoms with van der Waals surface area (Å²) in [5, 5.41) is 2.50. The monoisotopic (exact) mass is 325 g/mol. The van der Waals surface area contributed by atoms with Crippen LogP contribution in [0, 0.1) is 0 Å². The van der Waals surface area contributed by atoms with Crippen molar-refractivity contribution in [1.82, 2.24) is 5.32 Å². The molecule has 1 aliphatic rings. The van der Waals surface area contributed by atoms with Gasteiger partial charge < -0.3 is 14.8 Å². The number of alkyl halides is 2. The lowest BCUT2D eigenvalue weighted by Crippen LogP contribution is -2.43. The molecule has 0 bridgehead atoms. The zero-order chi connectivity index (χ0) is 16.9. The standard InChI is InChI=1S/C16H17F2NO4/c1-2-11-3-5-12(6-4-11)9-19-10-16(17,18)15(21)23-13-7-8-22-14(13)20/h2-6,13,19H,1,7-10H2. The van der Waals surface area contributed by atoms with Crippen LogP contribution in [0.2, 0.25) is 0 Å². The molecule has 1 aromatic carbocycles. The van der Waals surface area contributed by atoms with Crippen LogP contribution in [0.25, 0.3) is 6.08 Å². The molecule has 1 aromatic rings. The lowest BCUT2D eigenvalue weighted by atomic mass is 10.1. The fraction of sp³-hybridized carbons (Fsp3) is 0.375. The molecule has 0 amide bonds. The van der Waals surface area contributed by atoms with Crippen molar-refractivity contribution < 1.29 is 27.8 Å². The highest BCUT2D eigenvalue weighted by atomic mass is 19.3. The largest absolute Gasteiger partial charge is 0.463 e. The number of halogens is 2. The molecule has 23 heavy (non-hydrogen) atoms. The van der Waals surface area contributed by atoms with Gasteiger partial charge in [0.15, 0.2) is 0 Å². The third-order valence-corrected chi connectivity index (χ3v) is 3.33. The highest BCUT2D eigenvalue weighted by Gasteiger charge is 2.43. The van der Waals surface area contributed by atoms with Gasteiger partial charge in [-0.1, -0.05) is 36.9 Å². The Morgan fingerprint density at radius 1 is 1.43 bits per heavy atom. The molecule has 0 saturated carbocycles. The molecular weight excluding hydrogens is 308 g/mol. The van der Waals surface area contributed by atoms with E-state index in [4.69, 9.17) is 0 Å². The van der Waals surface area contributed by atoms with Crippen LogP contribution < -0.4 is 5.32 Å². The maximum atomic E-state index is 13.7. The first-order chi connectivity index (χ1) is 10.9. The van der Waals surface area contributed by atoms with E-state index >= 15 is 0 Å². The van der Waals surface area contributed by atoms with Gasteiger partial charge in [0, 0.05) is 13.0 Å². The Bertz CT molecular complexity index is 586. The van der Waals surface area contributed by atoms with E-state index < -0.39 is 30.5 Å². The average Bonchev–Trinajstić information content (AvgIpc) is 2.93. The Hall–Kier alpha value is -2.28. The van der Waals surface area contributed by atoms with Gasteiger partial charge >= 0.3 is 17.9 Å². The minimum atomic E-state index is -3.72. The van der Waals surface area contributed by atoms with Crippen molar-refractivity contribution >= 4 is 18.0 Å². The molecule has 1 aliphatic heterocycles. The molecule has 5 nitrogen and oxygen atoms in total. The van der Waals surface area contributed by atoms with Gasteiger partial charge in [-0.05, 0) is 11.1 Å². The van der Waals surface area contributed by atoms with Gasteiger partial charge in [0.2, 0.25) is 6.10 Å². The van der Waals surface area contributed by atoms with E-state index in [0.717, 1.165) is 11.1 Å². The minimum Gasteiger partial charge on any atom is -0.463 e. The van der Waals surface area contributed by atoms with Crippen LogP contribution in [0.3, 0.4) is 0 Å². The van der Waals surface area contributed by atoms with Crippen LogP contribution in [0.1, 0.15) is 17.5 Å². The smallest absolute Gasteiger partial charge is 0.379 e. The summed E-state index contributed by atoms with van der Waals surface area (Å²) in [7, 11) is 0. The van der Waals surface area contributed by atoms with Crippen LogP contribution >= 0.6 is 0 Å².